The Morgan fingerprint density at radius 2 is 1.95 bits per heavy atom. The highest BCUT2D eigenvalue weighted by atomic mass is 32.2. The summed E-state index contributed by atoms with van der Waals surface area (Å²) in [5.41, 5.74) is -0.392. The minimum atomic E-state index is -3.71. The summed E-state index contributed by atoms with van der Waals surface area (Å²) in [7, 11) is -3.71. The Morgan fingerprint density at radius 3 is 2.50 bits per heavy atom. The van der Waals surface area contributed by atoms with Crippen LogP contribution in [0, 0.1) is 5.41 Å². The van der Waals surface area contributed by atoms with Crippen LogP contribution in [0.1, 0.15) is 27.2 Å². The Kier molecular flexibility index (Phi) is 4.78. The molecule has 0 aliphatic carbocycles. The lowest BCUT2D eigenvalue weighted by atomic mass is 9.94. The number of aromatic nitrogens is 1. The lowest BCUT2D eigenvalue weighted by molar-refractivity contribution is -0.139. The van der Waals surface area contributed by atoms with E-state index in [0.717, 1.165) is 24.3 Å². The number of hydrogen-bond donors (Lipinski definition) is 1. The summed E-state index contributed by atoms with van der Waals surface area (Å²) in [6, 6.07) is 0. The van der Waals surface area contributed by atoms with E-state index >= 15 is 0 Å². The molecule has 1 saturated heterocycles. The molecule has 9 heteroatoms. The average molecular weight is 346 g/mol. The minimum absolute atomic E-state index is 0.0642. The van der Waals surface area contributed by atoms with Crippen LogP contribution < -0.4 is 10.0 Å². The van der Waals surface area contributed by atoms with E-state index in [9.17, 15) is 13.2 Å². The molecule has 0 spiro atoms. The van der Waals surface area contributed by atoms with E-state index in [4.69, 9.17) is 5.14 Å². The monoisotopic (exact) mass is 346 g/mol. The van der Waals surface area contributed by atoms with Crippen molar-refractivity contribution in [3.8, 4) is 0 Å². The number of nitrogens with two attached hydrogens (primary N) is 1. The van der Waals surface area contributed by atoms with Crippen molar-refractivity contribution in [1.29, 1.82) is 0 Å². The lowest BCUT2D eigenvalue weighted by Gasteiger charge is -2.28. The smallest absolute Gasteiger partial charge is 0.249 e. The van der Waals surface area contributed by atoms with Gasteiger partial charge >= 0.3 is 0 Å². The Hall–Kier alpha value is -1.19. The number of nitrogens with zero attached hydrogens (tertiary/aromatic N) is 3. The molecule has 0 bridgehead atoms. The maximum absolute atomic E-state index is 12.3. The predicted octanol–water partition coefficient (Wildman–Crippen LogP) is 0.875. The average Bonchev–Trinajstić information content (AvgIpc) is 2.76. The Balaban J connectivity index is 2.08. The third-order valence-corrected chi connectivity index (χ3v) is 5.91. The maximum atomic E-state index is 12.3. The number of anilines is 1. The molecule has 7 nitrogen and oxygen atoms in total. The number of hydrogen-bond acceptors (Lipinski definition) is 6. The normalized spacial score (nSPS) is 17.5. The van der Waals surface area contributed by atoms with Gasteiger partial charge < -0.3 is 9.80 Å². The third kappa shape index (κ3) is 3.96. The first kappa shape index (κ1) is 17.2. The summed E-state index contributed by atoms with van der Waals surface area (Å²) >= 11 is 1.07. The Bertz CT molecular complexity index is 648. The zero-order valence-electron chi connectivity index (χ0n) is 13.1. The van der Waals surface area contributed by atoms with E-state index in [-0.39, 0.29) is 10.1 Å². The highest BCUT2D eigenvalue weighted by molar-refractivity contribution is 7.91. The van der Waals surface area contributed by atoms with Crippen molar-refractivity contribution in [2.24, 2.45) is 10.6 Å². The summed E-state index contributed by atoms with van der Waals surface area (Å²) in [6.07, 6.45) is 2.12. The molecule has 2 heterocycles. The van der Waals surface area contributed by atoms with Gasteiger partial charge in [0.25, 0.3) is 0 Å². The van der Waals surface area contributed by atoms with Crippen LogP contribution in [-0.2, 0) is 14.8 Å². The number of carbonyl (C=O) groups is 1. The van der Waals surface area contributed by atoms with Gasteiger partial charge in [-0.1, -0.05) is 32.1 Å². The van der Waals surface area contributed by atoms with Crippen LogP contribution in [0.4, 0.5) is 5.13 Å². The molecule has 0 aromatic carbocycles. The lowest BCUT2D eigenvalue weighted by Crippen LogP contribution is -2.41. The number of primary sulfonamides is 1. The van der Waals surface area contributed by atoms with Crippen molar-refractivity contribution in [2.45, 2.75) is 31.4 Å². The topological polar surface area (TPSA) is 96.6 Å². The van der Waals surface area contributed by atoms with E-state index in [1.807, 2.05) is 30.6 Å². The van der Waals surface area contributed by atoms with E-state index in [1.54, 1.807) is 0 Å². The molecule has 1 aromatic rings. The standard InChI is InChI=1S/C13H22N4O3S2/c1-13(2,3)11(18)16-5-4-6-17(8-7-16)12-15-9-10(21-12)22(14,19)20/h9H,4-8H2,1-3H3,(H2,14,19,20). The van der Waals surface area contributed by atoms with Crippen LogP contribution >= 0.6 is 11.3 Å². The highest BCUT2D eigenvalue weighted by Crippen LogP contribution is 2.26. The molecule has 22 heavy (non-hydrogen) atoms. The second kappa shape index (κ2) is 6.13. The van der Waals surface area contributed by atoms with Crippen molar-refractivity contribution in [2.75, 3.05) is 31.1 Å². The number of rotatable bonds is 2. The van der Waals surface area contributed by atoms with E-state index in [1.165, 1.54) is 6.20 Å². The maximum Gasteiger partial charge on any atom is 0.249 e. The van der Waals surface area contributed by atoms with E-state index in [0.29, 0.717) is 24.8 Å². The fourth-order valence-electron chi connectivity index (χ4n) is 2.31. The van der Waals surface area contributed by atoms with Crippen molar-refractivity contribution in [1.82, 2.24) is 9.88 Å². The first-order valence-corrected chi connectivity index (χ1v) is 9.48. The predicted molar refractivity (Wildman–Crippen MR) is 86.4 cm³/mol. The molecule has 1 aromatic heterocycles. The van der Waals surface area contributed by atoms with Crippen LogP contribution in [0.15, 0.2) is 10.4 Å². The second-order valence-corrected chi connectivity index (χ2v) is 9.19. The minimum Gasteiger partial charge on any atom is -0.346 e. The number of thiazole rings is 1. The molecule has 0 saturated carbocycles. The highest BCUT2D eigenvalue weighted by Gasteiger charge is 2.29. The summed E-state index contributed by atoms with van der Waals surface area (Å²) in [5, 5.41) is 5.74. The molecule has 1 aliphatic heterocycles. The number of sulfonamides is 1. The molecule has 0 radical (unpaired) electrons. The SMILES string of the molecule is CC(C)(C)C(=O)N1CCCN(c2ncc(S(N)(=O)=O)s2)CC1. The van der Waals surface area contributed by atoms with Crippen LogP contribution in [0.3, 0.4) is 0 Å². The van der Waals surface area contributed by atoms with Crippen molar-refractivity contribution in [3.63, 3.8) is 0 Å². The molecule has 2 N–H and O–H groups in total. The Labute approximate surface area is 135 Å². The van der Waals surface area contributed by atoms with Gasteiger partial charge in [-0.3, -0.25) is 4.79 Å². The van der Waals surface area contributed by atoms with Gasteiger partial charge in [0.1, 0.15) is 0 Å². The molecule has 124 valence electrons. The van der Waals surface area contributed by atoms with Gasteiger partial charge in [0.05, 0.1) is 6.20 Å². The summed E-state index contributed by atoms with van der Waals surface area (Å²) in [4.78, 5) is 20.4. The Morgan fingerprint density at radius 1 is 1.27 bits per heavy atom. The summed E-state index contributed by atoms with van der Waals surface area (Å²) < 4.78 is 22.7. The van der Waals surface area contributed by atoms with Gasteiger partial charge in [-0.15, -0.1) is 0 Å². The fraction of sp³-hybridized carbons (Fsp3) is 0.692. The van der Waals surface area contributed by atoms with Crippen molar-refractivity contribution < 1.29 is 13.2 Å². The molecule has 0 unspecified atom stereocenters. The van der Waals surface area contributed by atoms with Crippen LogP contribution in [0.5, 0.6) is 0 Å². The van der Waals surface area contributed by atoms with Gasteiger partial charge in [0.15, 0.2) is 9.34 Å². The third-order valence-electron chi connectivity index (χ3n) is 3.45. The molecule has 2 rings (SSSR count). The second-order valence-electron chi connectivity index (χ2n) is 6.39. The zero-order chi connectivity index (χ0) is 16.5. The number of carbonyl (C=O) groups excluding carboxylic acids is 1. The van der Waals surface area contributed by atoms with Gasteiger partial charge in [-0.05, 0) is 6.42 Å². The first-order valence-electron chi connectivity index (χ1n) is 7.12. The quantitative estimate of drug-likeness (QED) is 0.857. The molecule has 1 aliphatic rings. The number of amides is 1. The summed E-state index contributed by atoms with van der Waals surface area (Å²) in [6.45, 7) is 8.44. The van der Waals surface area contributed by atoms with Crippen LogP contribution in [-0.4, -0.2) is 50.4 Å². The fourth-order valence-corrected chi connectivity index (χ4v) is 3.90. The van der Waals surface area contributed by atoms with Gasteiger partial charge in [0, 0.05) is 31.6 Å². The molecule has 1 amide bonds. The molecule has 1 fully saturated rings. The van der Waals surface area contributed by atoms with E-state index in [2.05, 4.69) is 4.98 Å². The molecular formula is C13H22N4O3S2. The van der Waals surface area contributed by atoms with Gasteiger partial charge in [0.2, 0.25) is 15.9 Å². The van der Waals surface area contributed by atoms with Crippen LogP contribution in [0.2, 0.25) is 0 Å². The van der Waals surface area contributed by atoms with Crippen molar-refractivity contribution in [3.05, 3.63) is 6.20 Å². The van der Waals surface area contributed by atoms with Crippen molar-refractivity contribution >= 4 is 32.4 Å². The van der Waals surface area contributed by atoms with E-state index < -0.39 is 15.4 Å². The molecule has 0 atom stereocenters. The van der Waals surface area contributed by atoms with Gasteiger partial charge in [-0.25, -0.2) is 18.5 Å². The molecular weight excluding hydrogens is 324 g/mol. The zero-order valence-corrected chi connectivity index (χ0v) is 14.7. The van der Waals surface area contributed by atoms with Crippen LogP contribution in [0.25, 0.3) is 0 Å². The largest absolute Gasteiger partial charge is 0.346 e. The first-order chi connectivity index (χ1) is 10.1. The van der Waals surface area contributed by atoms with Gasteiger partial charge in [-0.2, -0.15) is 0 Å². The summed E-state index contributed by atoms with van der Waals surface area (Å²) in [5.74, 6) is 0.138.